The Morgan fingerprint density at radius 3 is 2.56 bits per heavy atom. The maximum Gasteiger partial charge on any atom is 0.191 e. The van der Waals surface area contributed by atoms with E-state index >= 15 is 0 Å². The van der Waals surface area contributed by atoms with Crippen molar-refractivity contribution in [2.45, 2.75) is 52.7 Å². The maximum absolute atomic E-state index is 5.58. The van der Waals surface area contributed by atoms with Crippen LogP contribution in [0.4, 0.5) is 0 Å². The molecule has 176 valence electrons. The van der Waals surface area contributed by atoms with Crippen LogP contribution in [0.15, 0.2) is 41.7 Å². The largest absolute Gasteiger partial charge is 0.379 e. The van der Waals surface area contributed by atoms with Gasteiger partial charge in [0.15, 0.2) is 5.96 Å². The molecule has 32 heavy (non-hydrogen) atoms. The minimum Gasteiger partial charge on any atom is -0.379 e. The van der Waals surface area contributed by atoms with Gasteiger partial charge in [-0.05, 0) is 24.0 Å². The molecule has 2 N–H and O–H groups in total. The molecule has 1 aromatic heterocycles. The van der Waals surface area contributed by atoms with Crippen LogP contribution in [0.25, 0.3) is 0 Å². The molecular formula is C25H40N6O. The van der Waals surface area contributed by atoms with Crippen molar-refractivity contribution in [1.82, 2.24) is 25.1 Å². The average molecular weight is 441 g/mol. The molecule has 2 heterocycles. The van der Waals surface area contributed by atoms with Crippen molar-refractivity contribution in [2.24, 2.45) is 10.9 Å². The molecular weight excluding hydrogens is 400 g/mol. The van der Waals surface area contributed by atoms with E-state index in [1.54, 1.807) is 0 Å². The number of aliphatic imine (C=N–C) groups is 1. The van der Waals surface area contributed by atoms with Crippen molar-refractivity contribution >= 4 is 5.96 Å². The summed E-state index contributed by atoms with van der Waals surface area (Å²) in [6.45, 7) is 12.8. The summed E-state index contributed by atoms with van der Waals surface area (Å²) in [5.41, 5.74) is 2.52. The summed E-state index contributed by atoms with van der Waals surface area (Å²) in [7, 11) is 1.84. The van der Waals surface area contributed by atoms with Gasteiger partial charge in [0.2, 0.25) is 0 Å². The molecule has 1 aromatic carbocycles. The molecule has 1 aliphatic rings. The van der Waals surface area contributed by atoms with Crippen molar-refractivity contribution in [2.75, 3.05) is 39.9 Å². The second-order valence-electron chi connectivity index (χ2n) is 8.52. The Morgan fingerprint density at radius 1 is 1.16 bits per heavy atom. The first-order valence-corrected chi connectivity index (χ1v) is 12.0. The number of imidazole rings is 1. The van der Waals surface area contributed by atoms with Crippen LogP contribution in [-0.2, 0) is 17.8 Å². The molecule has 7 heteroatoms. The third kappa shape index (κ3) is 6.81. The lowest BCUT2D eigenvalue weighted by Gasteiger charge is -2.39. The van der Waals surface area contributed by atoms with Gasteiger partial charge in [-0.2, -0.15) is 0 Å². The number of guanidine groups is 1. The summed E-state index contributed by atoms with van der Waals surface area (Å²) >= 11 is 0. The molecule has 0 aliphatic carbocycles. The van der Waals surface area contributed by atoms with E-state index in [2.05, 4.69) is 68.2 Å². The third-order valence-corrected chi connectivity index (χ3v) is 6.54. The lowest BCUT2D eigenvalue weighted by Crippen LogP contribution is -2.53. The van der Waals surface area contributed by atoms with E-state index in [1.807, 2.05) is 26.4 Å². The summed E-state index contributed by atoms with van der Waals surface area (Å²) in [6, 6.07) is 9.19. The van der Waals surface area contributed by atoms with E-state index in [1.165, 1.54) is 24.0 Å². The summed E-state index contributed by atoms with van der Waals surface area (Å²) in [4.78, 5) is 11.4. The van der Waals surface area contributed by atoms with Gasteiger partial charge in [0.1, 0.15) is 5.82 Å². The Balaban J connectivity index is 1.55. The fraction of sp³-hybridized carbons (Fsp3) is 0.600. The highest BCUT2D eigenvalue weighted by Crippen LogP contribution is 2.19. The zero-order valence-corrected chi connectivity index (χ0v) is 20.2. The Kier molecular flexibility index (Phi) is 9.56. The number of nitrogens with one attached hydrogen (secondary N) is 2. The van der Waals surface area contributed by atoms with E-state index in [0.717, 1.165) is 57.7 Å². The van der Waals surface area contributed by atoms with Gasteiger partial charge in [-0.25, -0.2) is 4.98 Å². The number of rotatable bonds is 10. The first-order valence-electron chi connectivity index (χ1n) is 12.0. The van der Waals surface area contributed by atoms with Gasteiger partial charge >= 0.3 is 0 Å². The molecule has 3 rings (SSSR count). The number of hydrogen-bond donors (Lipinski definition) is 2. The topological polar surface area (TPSA) is 66.7 Å². The van der Waals surface area contributed by atoms with Gasteiger partial charge in [0.25, 0.3) is 0 Å². The molecule has 0 spiro atoms. The number of ether oxygens (including phenoxy) is 1. The highest BCUT2D eigenvalue weighted by atomic mass is 16.5. The van der Waals surface area contributed by atoms with E-state index in [0.29, 0.717) is 12.0 Å². The van der Waals surface area contributed by atoms with Crippen LogP contribution in [0.1, 0.15) is 43.6 Å². The van der Waals surface area contributed by atoms with Crippen molar-refractivity contribution < 1.29 is 4.74 Å². The number of aromatic nitrogens is 2. The smallest absolute Gasteiger partial charge is 0.191 e. The van der Waals surface area contributed by atoms with Crippen LogP contribution in [-0.4, -0.2) is 66.3 Å². The molecule has 0 amide bonds. The fourth-order valence-electron chi connectivity index (χ4n) is 4.55. The molecule has 1 fully saturated rings. The lowest BCUT2D eigenvalue weighted by molar-refractivity contribution is 0.00272. The molecule has 0 radical (unpaired) electrons. The first kappa shape index (κ1) is 24.3. The molecule has 0 saturated carbocycles. The Hall–Kier alpha value is -2.38. The van der Waals surface area contributed by atoms with Gasteiger partial charge in [-0.1, -0.05) is 51.0 Å². The molecule has 2 aromatic rings. The second kappa shape index (κ2) is 12.6. The van der Waals surface area contributed by atoms with E-state index in [-0.39, 0.29) is 0 Å². The van der Waals surface area contributed by atoms with Crippen LogP contribution in [0, 0.1) is 12.8 Å². The zero-order valence-electron chi connectivity index (χ0n) is 20.2. The molecule has 0 bridgehead atoms. The van der Waals surface area contributed by atoms with Crippen molar-refractivity contribution in [3.63, 3.8) is 0 Å². The van der Waals surface area contributed by atoms with E-state index in [4.69, 9.17) is 4.74 Å². The number of aryl methyl sites for hydroxylation is 1. The predicted octanol–water partition coefficient (Wildman–Crippen LogP) is 3.04. The Bertz CT molecular complexity index is 838. The third-order valence-electron chi connectivity index (χ3n) is 6.54. The number of morpholine rings is 1. The van der Waals surface area contributed by atoms with E-state index < -0.39 is 0 Å². The van der Waals surface area contributed by atoms with E-state index in [9.17, 15) is 0 Å². The molecule has 1 aliphatic heterocycles. The first-order chi connectivity index (χ1) is 15.6. The second-order valence-corrected chi connectivity index (χ2v) is 8.52. The van der Waals surface area contributed by atoms with Crippen molar-refractivity contribution in [3.8, 4) is 0 Å². The average Bonchev–Trinajstić information content (AvgIpc) is 3.23. The summed E-state index contributed by atoms with van der Waals surface area (Å²) in [5, 5.41) is 7.08. The van der Waals surface area contributed by atoms with Crippen LogP contribution in [0.5, 0.6) is 0 Å². The number of benzene rings is 1. The minimum atomic E-state index is 0.495. The fourth-order valence-corrected chi connectivity index (χ4v) is 4.55. The van der Waals surface area contributed by atoms with Crippen LogP contribution >= 0.6 is 0 Å². The normalized spacial score (nSPS) is 16.3. The SMILES string of the molecule is CCC(CC)C(CNC(=NC)NCc1cccc(Cn2ccnc2C)c1)N1CCOCC1. The summed E-state index contributed by atoms with van der Waals surface area (Å²) in [6.07, 6.45) is 6.25. The van der Waals surface area contributed by atoms with Gasteiger partial charge < -0.3 is 19.9 Å². The zero-order chi connectivity index (χ0) is 22.8. The summed E-state index contributed by atoms with van der Waals surface area (Å²) in [5.74, 6) is 2.55. The highest BCUT2D eigenvalue weighted by molar-refractivity contribution is 5.79. The standard InChI is InChI=1S/C25H40N6O/c1-5-23(6-2)24(30-12-14-32-15-13-30)18-29-25(26-4)28-17-21-8-7-9-22(16-21)19-31-11-10-27-20(31)3/h7-11,16,23-24H,5-6,12-15,17-19H2,1-4H3,(H2,26,28,29). The molecule has 1 unspecified atom stereocenters. The van der Waals surface area contributed by atoms with Crippen molar-refractivity contribution in [1.29, 1.82) is 0 Å². The number of nitrogens with zero attached hydrogens (tertiary/aromatic N) is 4. The monoisotopic (exact) mass is 440 g/mol. The highest BCUT2D eigenvalue weighted by Gasteiger charge is 2.27. The van der Waals surface area contributed by atoms with Crippen molar-refractivity contribution in [3.05, 3.63) is 53.6 Å². The Morgan fingerprint density at radius 2 is 1.91 bits per heavy atom. The number of hydrogen-bond acceptors (Lipinski definition) is 4. The van der Waals surface area contributed by atoms with Gasteiger partial charge in [-0.3, -0.25) is 9.89 Å². The lowest BCUT2D eigenvalue weighted by atomic mass is 9.92. The quantitative estimate of drug-likeness (QED) is 0.439. The maximum atomic E-state index is 5.58. The molecule has 1 saturated heterocycles. The minimum absolute atomic E-state index is 0.495. The summed E-state index contributed by atoms with van der Waals surface area (Å²) < 4.78 is 7.74. The van der Waals surface area contributed by atoms with Gasteiger partial charge in [0.05, 0.1) is 13.2 Å². The Labute approximate surface area is 193 Å². The van der Waals surface area contributed by atoms with Crippen LogP contribution in [0.3, 0.4) is 0 Å². The molecule has 7 nitrogen and oxygen atoms in total. The molecule has 1 atom stereocenters. The van der Waals surface area contributed by atoms with Crippen LogP contribution in [0.2, 0.25) is 0 Å². The van der Waals surface area contributed by atoms with Gasteiger partial charge in [-0.15, -0.1) is 0 Å². The van der Waals surface area contributed by atoms with Gasteiger partial charge in [0, 0.05) is 58.2 Å². The van der Waals surface area contributed by atoms with Crippen LogP contribution < -0.4 is 10.6 Å². The predicted molar refractivity (Wildman–Crippen MR) is 131 cm³/mol.